The summed E-state index contributed by atoms with van der Waals surface area (Å²) in [6.45, 7) is 1.69. The van der Waals surface area contributed by atoms with Crippen molar-refractivity contribution in [2.75, 3.05) is 4.90 Å². The first-order valence-electron chi connectivity index (χ1n) is 7.32. The summed E-state index contributed by atoms with van der Waals surface area (Å²) in [6, 6.07) is 7.32. The lowest BCUT2D eigenvalue weighted by Crippen LogP contribution is -2.54. The smallest absolute Gasteiger partial charge is 0.416 e. The molecular formula is C17H11F3N2O3S. The summed E-state index contributed by atoms with van der Waals surface area (Å²) < 4.78 is 44.1. The Kier molecular flexibility index (Phi) is 4.41. The molecule has 9 heteroatoms. The molecule has 5 nitrogen and oxygen atoms in total. The minimum absolute atomic E-state index is 0.101. The maximum absolute atomic E-state index is 12.9. The van der Waals surface area contributed by atoms with Crippen molar-refractivity contribution in [3.8, 4) is 0 Å². The van der Waals surface area contributed by atoms with Gasteiger partial charge in [-0.15, -0.1) is 0 Å². The molecule has 1 N–H and O–H groups in total. The molecule has 0 aliphatic carbocycles. The Bertz CT molecular complexity index is 947. The lowest BCUT2D eigenvalue weighted by molar-refractivity contribution is -0.137. The van der Waals surface area contributed by atoms with Gasteiger partial charge in [0.2, 0.25) is 0 Å². The van der Waals surface area contributed by atoms with Crippen molar-refractivity contribution in [3.63, 3.8) is 0 Å². The summed E-state index contributed by atoms with van der Waals surface area (Å²) in [5, 5.41) is 2.00. The van der Waals surface area contributed by atoms with Crippen LogP contribution in [-0.4, -0.2) is 16.9 Å². The third kappa shape index (κ3) is 3.38. The van der Waals surface area contributed by atoms with Crippen molar-refractivity contribution in [1.82, 2.24) is 5.32 Å². The maximum atomic E-state index is 12.9. The van der Waals surface area contributed by atoms with Crippen LogP contribution in [0.1, 0.15) is 17.1 Å². The predicted molar refractivity (Wildman–Crippen MR) is 91.1 cm³/mol. The first-order valence-corrected chi connectivity index (χ1v) is 7.73. The molecule has 1 saturated heterocycles. The molecule has 2 heterocycles. The Morgan fingerprint density at radius 2 is 1.92 bits per heavy atom. The number of benzene rings is 1. The minimum atomic E-state index is -4.58. The van der Waals surface area contributed by atoms with E-state index in [0.29, 0.717) is 5.76 Å². The average Bonchev–Trinajstić information content (AvgIpc) is 2.96. The molecule has 1 aromatic heterocycles. The summed E-state index contributed by atoms with van der Waals surface area (Å²) in [5.41, 5.74) is -1.34. The van der Waals surface area contributed by atoms with E-state index in [9.17, 15) is 22.8 Å². The Labute approximate surface area is 151 Å². The number of hydrogen-bond donors (Lipinski definition) is 1. The highest BCUT2D eigenvalue weighted by molar-refractivity contribution is 7.80. The van der Waals surface area contributed by atoms with Gasteiger partial charge in [0.1, 0.15) is 17.1 Å². The number of furan rings is 1. The van der Waals surface area contributed by atoms with Crippen molar-refractivity contribution in [1.29, 1.82) is 0 Å². The van der Waals surface area contributed by atoms with Crippen LogP contribution in [0.15, 0.2) is 46.4 Å². The van der Waals surface area contributed by atoms with Gasteiger partial charge >= 0.3 is 6.18 Å². The number of thiocarbonyl (C=S) groups is 1. The molecule has 2 aromatic rings. The number of alkyl halides is 3. The monoisotopic (exact) mass is 380 g/mol. The van der Waals surface area contributed by atoms with Crippen LogP contribution in [0.2, 0.25) is 0 Å². The van der Waals surface area contributed by atoms with Gasteiger partial charge in [-0.25, -0.2) is 0 Å². The van der Waals surface area contributed by atoms with Crippen LogP contribution in [0.4, 0.5) is 18.9 Å². The van der Waals surface area contributed by atoms with E-state index in [-0.39, 0.29) is 22.1 Å². The molecule has 2 amide bonds. The van der Waals surface area contributed by atoms with E-state index in [1.54, 1.807) is 19.1 Å². The van der Waals surface area contributed by atoms with Gasteiger partial charge in [0.25, 0.3) is 11.8 Å². The van der Waals surface area contributed by atoms with Crippen LogP contribution < -0.4 is 10.2 Å². The topological polar surface area (TPSA) is 62.6 Å². The standard InChI is InChI=1S/C17H11F3N2O3S/c1-9-5-6-12(25-9)8-13-14(23)21-16(26)22(15(13)24)11-4-2-3-10(7-11)17(18,19)20/h2-8H,1H3,(H,21,23,26)/b13-8+. The number of nitrogens with one attached hydrogen (secondary N) is 1. The van der Waals surface area contributed by atoms with E-state index in [1.165, 1.54) is 12.1 Å². The van der Waals surface area contributed by atoms with Gasteiger partial charge in [0.05, 0.1) is 11.3 Å². The number of rotatable bonds is 2. The second kappa shape index (κ2) is 6.41. The maximum Gasteiger partial charge on any atom is 0.416 e. The molecule has 1 aliphatic heterocycles. The van der Waals surface area contributed by atoms with Crippen molar-refractivity contribution >= 4 is 40.9 Å². The number of nitrogens with zero attached hydrogens (tertiary/aromatic N) is 1. The SMILES string of the molecule is Cc1ccc(/C=C2\C(=O)NC(=S)N(c3cccc(C(F)(F)F)c3)C2=O)o1. The highest BCUT2D eigenvalue weighted by atomic mass is 32.1. The van der Waals surface area contributed by atoms with Crippen LogP contribution in [0.5, 0.6) is 0 Å². The van der Waals surface area contributed by atoms with E-state index in [0.717, 1.165) is 23.1 Å². The number of halogens is 3. The number of carbonyl (C=O) groups is 2. The summed E-state index contributed by atoms with van der Waals surface area (Å²) in [6.07, 6.45) is -3.36. The van der Waals surface area contributed by atoms with Gasteiger partial charge < -0.3 is 4.42 Å². The summed E-state index contributed by atoms with van der Waals surface area (Å²) >= 11 is 4.96. The van der Waals surface area contributed by atoms with Crippen LogP contribution in [-0.2, 0) is 15.8 Å². The predicted octanol–water partition coefficient (Wildman–Crippen LogP) is 3.44. The average molecular weight is 380 g/mol. The lowest BCUT2D eigenvalue weighted by atomic mass is 10.1. The van der Waals surface area contributed by atoms with E-state index >= 15 is 0 Å². The molecule has 1 aromatic carbocycles. The van der Waals surface area contributed by atoms with Crippen LogP contribution in [0.25, 0.3) is 6.08 Å². The van der Waals surface area contributed by atoms with E-state index in [2.05, 4.69) is 5.32 Å². The largest absolute Gasteiger partial charge is 0.462 e. The molecule has 0 radical (unpaired) electrons. The molecule has 26 heavy (non-hydrogen) atoms. The van der Waals surface area contributed by atoms with Crippen molar-refractivity contribution < 1.29 is 27.2 Å². The Balaban J connectivity index is 2.02. The molecule has 3 rings (SSSR count). The zero-order valence-corrected chi connectivity index (χ0v) is 14.1. The quantitative estimate of drug-likeness (QED) is 0.493. The van der Waals surface area contributed by atoms with Crippen molar-refractivity contribution in [3.05, 3.63) is 59.1 Å². The number of aryl methyl sites for hydroxylation is 1. The molecule has 0 bridgehead atoms. The lowest BCUT2D eigenvalue weighted by Gasteiger charge is -2.29. The Hall–Kier alpha value is -2.94. The molecule has 134 valence electrons. The molecule has 1 fully saturated rings. The number of anilines is 1. The fourth-order valence-corrected chi connectivity index (χ4v) is 2.67. The molecule has 0 saturated carbocycles. The third-order valence-corrected chi connectivity index (χ3v) is 3.87. The molecule has 1 aliphatic rings. The molecule has 0 atom stereocenters. The minimum Gasteiger partial charge on any atom is -0.462 e. The van der Waals surface area contributed by atoms with Gasteiger partial charge in [-0.3, -0.25) is 19.8 Å². The van der Waals surface area contributed by atoms with E-state index in [1.807, 2.05) is 0 Å². The normalized spacial score (nSPS) is 17.0. The molecule has 0 unspecified atom stereocenters. The van der Waals surface area contributed by atoms with Crippen LogP contribution in [0, 0.1) is 6.92 Å². The zero-order chi connectivity index (χ0) is 19.1. The Morgan fingerprint density at radius 3 is 2.54 bits per heavy atom. The van der Waals surface area contributed by atoms with Gasteiger partial charge in [-0.2, -0.15) is 13.2 Å². The summed E-state index contributed by atoms with van der Waals surface area (Å²) in [4.78, 5) is 25.6. The van der Waals surface area contributed by atoms with E-state index in [4.69, 9.17) is 16.6 Å². The van der Waals surface area contributed by atoms with E-state index < -0.39 is 23.6 Å². The zero-order valence-electron chi connectivity index (χ0n) is 13.3. The van der Waals surface area contributed by atoms with Crippen molar-refractivity contribution in [2.24, 2.45) is 0 Å². The first-order chi connectivity index (χ1) is 12.2. The van der Waals surface area contributed by atoms with Gasteiger partial charge in [0.15, 0.2) is 5.11 Å². The number of hydrogen-bond acceptors (Lipinski definition) is 4. The number of carbonyl (C=O) groups excluding carboxylic acids is 2. The fraction of sp³-hybridized carbons (Fsp3) is 0.118. The van der Waals surface area contributed by atoms with Gasteiger partial charge in [-0.1, -0.05) is 6.07 Å². The van der Waals surface area contributed by atoms with Gasteiger partial charge in [-0.05, 0) is 55.5 Å². The summed E-state index contributed by atoms with van der Waals surface area (Å²) in [5.74, 6) is -0.756. The third-order valence-electron chi connectivity index (χ3n) is 3.58. The molecule has 0 spiro atoms. The van der Waals surface area contributed by atoms with Crippen LogP contribution in [0.3, 0.4) is 0 Å². The molecular weight excluding hydrogens is 369 g/mol. The fourth-order valence-electron chi connectivity index (χ4n) is 2.39. The highest BCUT2D eigenvalue weighted by Crippen LogP contribution is 2.32. The van der Waals surface area contributed by atoms with Gasteiger partial charge in [0, 0.05) is 0 Å². The Morgan fingerprint density at radius 1 is 1.19 bits per heavy atom. The summed E-state index contributed by atoms with van der Waals surface area (Å²) in [7, 11) is 0. The first kappa shape index (κ1) is 17.9. The second-order valence-electron chi connectivity index (χ2n) is 5.45. The number of amides is 2. The highest BCUT2D eigenvalue weighted by Gasteiger charge is 2.36. The second-order valence-corrected chi connectivity index (χ2v) is 5.84. The van der Waals surface area contributed by atoms with Crippen LogP contribution >= 0.6 is 12.2 Å². The van der Waals surface area contributed by atoms with Crippen molar-refractivity contribution in [2.45, 2.75) is 13.1 Å².